The molecule has 0 radical (unpaired) electrons. The minimum absolute atomic E-state index is 0.267. The van der Waals surface area contributed by atoms with Crippen molar-refractivity contribution in [1.82, 2.24) is 20.1 Å². The van der Waals surface area contributed by atoms with E-state index >= 15 is 0 Å². The molecule has 0 amide bonds. The molecule has 2 heterocycles. The van der Waals surface area contributed by atoms with Crippen LogP contribution in [0.25, 0.3) is 0 Å². The standard InChI is InChI=1S/C18H26N4O2/c1-14-16(12-20-13-18(8-10-23)6-4-7-18)17(22(2)21-14)24-15-5-3-9-19-11-15/h3,5,9,11,20,23H,4,6-8,10,12-13H2,1-2H3. The Labute approximate surface area is 142 Å². The van der Waals surface area contributed by atoms with E-state index in [0.29, 0.717) is 12.3 Å². The Bertz CT molecular complexity index is 665. The van der Waals surface area contributed by atoms with Crippen LogP contribution in [0.1, 0.15) is 36.9 Å². The van der Waals surface area contributed by atoms with Crippen LogP contribution in [-0.4, -0.2) is 33.0 Å². The molecule has 0 spiro atoms. The van der Waals surface area contributed by atoms with Crippen molar-refractivity contribution in [3.63, 3.8) is 0 Å². The summed E-state index contributed by atoms with van der Waals surface area (Å²) in [6, 6.07) is 3.74. The van der Waals surface area contributed by atoms with Crippen LogP contribution in [0.3, 0.4) is 0 Å². The van der Waals surface area contributed by atoms with Crippen LogP contribution in [0.2, 0.25) is 0 Å². The van der Waals surface area contributed by atoms with Crippen molar-refractivity contribution in [2.75, 3.05) is 13.2 Å². The molecule has 0 saturated heterocycles. The Balaban J connectivity index is 1.67. The summed E-state index contributed by atoms with van der Waals surface area (Å²) in [4.78, 5) is 4.09. The number of ether oxygens (including phenoxy) is 1. The fourth-order valence-electron chi connectivity index (χ4n) is 3.41. The molecule has 1 aliphatic carbocycles. The zero-order chi connectivity index (χ0) is 17.0. The molecular weight excluding hydrogens is 304 g/mol. The number of aliphatic hydroxyl groups is 1. The van der Waals surface area contributed by atoms with E-state index < -0.39 is 0 Å². The lowest BCUT2D eigenvalue weighted by Gasteiger charge is -2.42. The molecule has 0 atom stereocenters. The van der Waals surface area contributed by atoms with E-state index in [4.69, 9.17) is 4.74 Å². The highest BCUT2D eigenvalue weighted by Crippen LogP contribution is 2.43. The summed E-state index contributed by atoms with van der Waals surface area (Å²) in [6.07, 6.45) is 7.97. The zero-order valence-corrected chi connectivity index (χ0v) is 14.5. The van der Waals surface area contributed by atoms with Crippen molar-refractivity contribution in [3.8, 4) is 11.6 Å². The van der Waals surface area contributed by atoms with Gasteiger partial charge in [0.15, 0.2) is 0 Å². The van der Waals surface area contributed by atoms with Crippen molar-refractivity contribution >= 4 is 0 Å². The molecule has 2 aromatic rings. The number of nitrogens with one attached hydrogen (secondary N) is 1. The van der Waals surface area contributed by atoms with Crippen LogP contribution < -0.4 is 10.1 Å². The largest absolute Gasteiger partial charge is 0.437 e. The van der Waals surface area contributed by atoms with E-state index in [-0.39, 0.29) is 12.0 Å². The first-order valence-electron chi connectivity index (χ1n) is 8.55. The first kappa shape index (κ1) is 16.9. The number of hydrogen-bond donors (Lipinski definition) is 2. The lowest BCUT2D eigenvalue weighted by molar-refractivity contribution is 0.0858. The number of pyridine rings is 1. The Hall–Kier alpha value is -1.92. The minimum atomic E-state index is 0.267. The summed E-state index contributed by atoms with van der Waals surface area (Å²) < 4.78 is 7.76. The van der Waals surface area contributed by atoms with Gasteiger partial charge in [0.2, 0.25) is 5.88 Å². The van der Waals surface area contributed by atoms with E-state index in [1.54, 1.807) is 17.1 Å². The van der Waals surface area contributed by atoms with Gasteiger partial charge in [-0.2, -0.15) is 5.10 Å². The second kappa shape index (κ2) is 7.32. The third kappa shape index (κ3) is 3.60. The van der Waals surface area contributed by atoms with Gasteiger partial charge >= 0.3 is 0 Å². The molecule has 6 heteroatoms. The van der Waals surface area contributed by atoms with Crippen molar-refractivity contribution < 1.29 is 9.84 Å². The SMILES string of the molecule is Cc1nn(C)c(Oc2cccnc2)c1CNCC1(CCO)CCC1. The number of aryl methyl sites for hydroxylation is 2. The fourth-order valence-corrected chi connectivity index (χ4v) is 3.41. The van der Waals surface area contributed by atoms with E-state index in [0.717, 1.165) is 30.1 Å². The number of rotatable bonds is 8. The summed E-state index contributed by atoms with van der Waals surface area (Å²) in [5.74, 6) is 1.45. The average Bonchev–Trinajstić information content (AvgIpc) is 2.80. The number of aromatic nitrogens is 3. The topological polar surface area (TPSA) is 72.2 Å². The van der Waals surface area contributed by atoms with E-state index in [1.807, 2.05) is 26.1 Å². The first-order chi connectivity index (χ1) is 11.6. The molecule has 130 valence electrons. The van der Waals surface area contributed by atoms with Crippen LogP contribution >= 0.6 is 0 Å². The molecule has 2 aromatic heterocycles. The average molecular weight is 330 g/mol. The Kier molecular flexibility index (Phi) is 5.16. The molecule has 0 unspecified atom stereocenters. The zero-order valence-electron chi connectivity index (χ0n) is 14.5. The molecular formula is C18H26N4O2. The molecule has 0 aliphatic heterocycles. The predicted molar refractivity (Wildman–Crippen MR) is 91.9 cm³/mol. The Morgan fingerprint density at radius 3 is 2.88 bits per heavy atom. The van der Waals surface area contributed by atoms with Gasteiger partial charge in [0.25, 0.3) is 0 Å². The highest BCUT2D eigenvalue weighted by atomic mass is 16.5. The highest BCUT2D eigenvalue weighted by molar-refractivity contribution is 5.34. The molecule has 1 aliphatic rings. The van der Waals surface area contributed by atoms with Crippen LogP contribution in [0.5, 0.6) is 11.6 Å². The van der Waals surface area contributed by atoms with Crippen molar-refractivity contribution in [1.29, 1.82) is 0 Å². The van der Waals surface area contributed by atoms with Crippen molar-refractivity contribution in [3.05, 3.63) is 35.8 Å². The van der Waals surface area contributed by atoms with Gasteiger partial charge in [-0.05, 0) is 43.7 Å². The van der Waals surface area contributed by atoms with Crippen LogP contribution in [0.15, 0.2) is 24.5 Å². The Morgan fingerprint density at radius 2 is 2.25 bits per heavy atom. The molecule has 0 aromatic carbocycles. The van der Waals surface area contributed by atoms with E-state index in [2.05, 4.69) is 15.4 Å². The predicted octanol–water partition coefficient (Wildman–Crippen LogP) is 2.56. The number of nitrogens with zero attached hydrogens (tertiary/aromatic N) is 3. The molecule has 6 nitrogen and oxygen atoms in total. The van der Waals surface area contributed by atoms with Gasteiger partial charge in [-0.3, -0.25) is 4.98 Å². The van der Waals surface area contributed by atoms with Gasteiger partial charge in [-0.25, -0.2) is 4.68 Å². The summed E-state index contributed by atoms with van der Waals surface area (Å²) in [7, 11) is 1.89. The van der Waals surface area contributed by atoms with E-state index in [1.165, 1.54) is 19.3 Å². The third-order valence-corrected chi connectivity index (χ3v) is 5.00. The number of aliphatic hydroxyl groups excluding tert-OH is 1. The summed E-state index contributed by atoms with van der Waals surface area (Å²) >= 11 is 0. The quantitative estimate of drug-likeness (QED) is 0.778. The molecule has 0 bridgehead atoms. The molecule has 24 heavy (non-hydrogen) atoms. The van der Waals surface area contributed by atoms with Gasteiger partial charge in [-0.15, -0.1) is 0 Å². The van der Waals surface area contributed by atoms with Crippen LogP contribution in [0.4, 0.5) is 0 Å². The summed E-state index contributed by atoms with van der Waals surface area (Å²) in [5.41, 5.74) is 2.31. The highest BCUT2D eigenvalue weighted by Gasteiger charge is 2.35. The van der Waals surface area contributed by atoms with Crippen molar-refractivity contribution in [2.24, 2.45) is 12.5 Å². The van der Waals surface area contributed by atoms with Gasteiger partial charge in [0.05, 0.1) is 17.5 Å². The monoisotopic (exact) mass is 330 g/mol. The number of hydrogen-bond acceptors (Lipinski definition) is 5. The smallest absolute Gasteiger partial charge is 0.222 e. The lowest BCUT2D eigenvalue weighted by atomic mass is 9.67. The van der Waals surface area contributed by atoms with Crippen LogP contribution in [-0.2, 0) is 13.6 Å². The van der Waals surface area contributed by atoms with Gasteiger partial charge in [0, 0.05) is 32.9 Å². The van der Waals surface area contributed by atoms with Crippen molar-refractivity contribution in [2.45, 2.75) is 39.2 Å². The van der Waals surface area contributed by atoms with Crippen LogP contribution in [0, 0.1) is 12.3 Å². The Morgan fingerprint density at radius 1 is 1.42 bits per heavy atom. The fraction of sp³-hybridized carbons (Fsp3) is 0.556. The summed E-state index contributed by atoms with van der Waals surface area (Å²) in [6.45, 7) is 3.90. The summed E-state index contributed by atoms with van der Waals surface area (Å²) in [5, 5.41) is 17.3. The lowest BCUT2D eigenvalue weighted by Crippen LogP contribution is -2.40. The van der Waals surface area contributed by atoms with E-state index in [9.17, 15) is 5.11 Å². The maximum absolute atomic E-state index is 9.27. The van der Waals surface area contributed by atoms with Gasteiger partial charge in [-0.1, -0.05) is 6.42 Å². The van der Waals surface area contributed by atoms with Gasteiger partial charge < -0.3 is 15.2 Å². The molecule has 2 N–H and O–H groups in total. The third-order valence-electron chi connectivity index (χ3n) is 5.00. The second-order valence-electron chi connectivity index (χ2n) is 6.71. The minimum Gasteiger partial charge on any atom is -0.437 e. The maximum Gasteiger partial charge on any atom is 0.222 e. The molecule has 1 saturated carbocycles. The molecule has 1 fully saturated rings. The van der Waals surface area contributed by atoms with Gasteiger partial charge in [0.1, 0.15) is 5.75 Å². The molecule has 3 rings (SSSR count). The normalized spacial score (nSPS) is 16.0. The second-order valence-corrected chi connectivity index (χ2v) is 6.71. The maximum atomic E-state index is 9.27. The first-order valence-corrected chi connectivity index (χ1v) is 8.55.